The largest absolute Gasteiger partial charge is 0.573 e. The van der Waals surface area contributed by atoms with Gasteiger partial charge < -0.3 is 19.6 Å². The number of carboxylic acids is 1. The van der Waals surface area contributed by atoms with Crippen LogP contribution in [0.4, 0.5) is 13.2 Å². The van der Waals surface area contributed by atoms with Gasteiger partial charge in [-0.15, -0.1) is 13.2 Å². The molecule has 9 heteroatoms. The van der Waals surface area contributed by atoms with Crippen LogP contribution in [0.2, 0.25) is 0 Å². The van der Waals surface area contributed by atoms with Crippen LogP contribution in [0.5, 0.6) is 5.75 Å². The maximum Gasteiger partial charge on any atom is 0.573 e. The molecule has 1 N–H and O–H groups in total. The monoisotopic (exact) mass is 374 g/mol. The van der Waals surface area contributed by atoms with Crippen molar-refractivity contribution < 1.29 is 32.6 Å². The van der Waals surface area contributed by atoms with Crippen LogP contribution < -0.4 is 4.74 Å². The summed E-state index contributed by atoms with van der Waals surface area (Å²) in [6.07, 6.45) is -4.44. The molecule has 26 heavy (non-hydrogen) atoms. The van der Waals surface area contributed by atoms with E-state index in [1.807, 2.05) is 4.90 Å². The minimum atomic E-state index is -4.81. The molecule has 2 atom stereocenters. The molecule has 0 aromatic heterocycles. The van der Waals surface area contributed by atoms with E-state index in [2.05, 4.69) is 4.74 Å². The highest BCUT2D eigenvalue weighted by Crippen LogP contribution is 2.51. The van der Waals surface area contributed by atoms with Gasteiger partial charge in [-0.3, -0.25) is 9.59 Å². The minimum absolute atomic E-state index is 0.238. The lowest BCUT2D eigenvalue weighted by molar-refractivity contribution is -0.274. The Morgan fingerprint density at radius 3 is 2.46 bits per heavy atom. The van der Waals surface area contributed by atoms with Crippen molar-refractivity contribution in [2.45, 2.75) is 18.7 Å². The van der Waals surface area contributed by atoms with Crippen molar-refractivity contribution in [2.24, 2.45) is 5.92 Å². The van der Waals surface area contributed by atoms with Crippen LogP contribution >= 0.6 is 0 Å². The van der Waals surface area contributed by atoms with Crippen LogP contribution in [-0.4, -0.2) is 66.9 Å². The number of benzene rings is 1. The summed E-state index contributed by atoms with van der Waals surface area (Å²) in [6.45, 7) is 0.294. The van der Waals surface area contributed by atoms with Crippen LogP contribution in [0.25, 0.3) is 0 Å². The molecule has 1 aliphatic rings. The molecule has 0 unspecified atom stereocenters. The Hall–Kier alpha value is -2.29. The molecule has 1 aliphatic carbocycles. The first-order chi connectivity index (χ1) is 12.1. The average molecular weight is 374 g/mol. The Morgan fingerprint density at radius 2 is 1.88 bits per heavy atom. The lowest BCUT2D eigenvalue weighted by Crippen LogP contribution is -2.41. The van der Waals surface area contributed by atoms with Gasteiger partial charge in [0.1, 0.15) is 12.3 Å². The maximum atomic E-state index is 12.6. The van der Waals surface area contributed by atoms with Crippen LogP contribution in [0.3, 0.4) is 0 Å². The lowest BCUT2D eigenvalue weighted by Gasteiger charge is -2.23. The Morgan fingerprint density at radius 1 is 1.23 bits per heavy atom. The molecule has 0 spiro atoms. The Balaban J connectivity index is 2.10. The molecule has 0 saturated heterocycles. The molecule has 0 radical (unpaired) electrons. The van der Waals surface area contributed by atoms with Crippen molar-refractivity contribution in [1.29, 1.82) is 0 Å². The molecule has 0 heterocycles. The lowest BCUT2D eigenvalue weighted by atomic mass is 10.1. The standard InChI is InChI=1S/C17H21F3N2O4/c1-21(2)7-8-22(10-15(23)24)16(25)13-9-12(13)11-5-3-4-6-14(11)26-17(18,19)20/h3-6,12-13H,7-10H2,1-2H3,(H,23,24)/t12-,13+/m0/s1. The number of hydrogen-bond donors (Lipinski definition) is 1. The van der Waals surface area contributed by atoms with Crippen LogP contribution in [0.1, 0.15) is 17.9 Å². The summed E-state index contributed by atoms with van der Waals surface area (Å²) < 4.78 is 41.7. The fraction of sp³-hybridized carbons (Fsp3) is 0.529. The van der Waals surface area contributed by atoms with Gasteiger partial charge in [-0.1, -0.05) is 18.2 Å². The summed E-state index contributed by atoms with van der Waals surface area (Å²) in [5.41, 5.74) is 0.311. The van der Waals surface area contributed by atoms with Crippen LogP contribution in [0.15, 0.2) is 24.3 Å². The molecule has 6 nitrogen and oxygen atoms in total. The van der Waals surface area contributed by atoms with E-state index in [9.17, 15) is 22.8 Å². The summed E-state index contributed by atoms with van der Waals surface area (Å²) in [7, 11) is 3.60. The Labute approximate surface area is 149 Å². The summed E-state index contributed by atoms with van der Waals surface area (Å²) in [6, 6.07) is 5.72. The van der Waals surface area contributed by atoms with Gasteiger partial charge in [0.05, 0.1) is 0 Å². The molecule has 1 aromatic rings. The molecule has 1 aromatic carbocycles. The number of ether oxygens (including phenoxy) is 1. The van der Waals surface area contributed by atoms with Gasteiger partial charge in [0.15, 0.2) is 0 Å². The predicted molar refractivity (Wildman–Crippen MR) is 86.7 cm³/mol. The van der Waals surface area contributed by atoms with E-state index >= 15 is 0 Å². The molecule has 0 bridgehead atoms. The number of carbonyl (C=O) groups excluding carboxylic acids is 1. The number of hydrogen-bond acceptors (Lipinski definition) is 4. The molecule has 1 amide bonds. The van der Waals surface area contributed by atoms with E-state index in [-0.39, 0.29) is 18.2 Å². The van der Waals surface area contributed by atoms with Gasteiger partial charge in [-0.2, -0.15) is 0 Å². The Bertz CT molecular complexity index is 664. The van der Waals surface area contributed by atoms with Crippen molar-refractivity contribution in [2.75, 3.05) is 33.7 Å². The van der Waals surface area contributed by atoms with Gasteiger partial charge in [-0.25, -0.2) is 0 Å². The second-order valence-corrected chi connectivity index (χ2v) is 6.49. The summed E-state index contributed by atoms with van der Waals surface area (Å²) >= 11 is 0. The summed E-state index contributed by atoms with van der Waals surface area (Å²) in [4.78, 5) is 26.7. The third-order valence-electron chi connectivity index (χ3n) is 4.11. The Kier molecular flexibility index (Phi) is 6.12. The molecular weight excluding hydrogens is 353 g/mol. The quantitative estimate of drug-likeness (QED) is 0.755. The highest BCUT2D eigenvalue weighted by atomic mass is 19.4. The molecule has 2 rings (SSSR count). The summed E-state index contributed by atoms with van der Waals surface area (Å²) in [5, 5.41) is 9.00. The molecule has 1 fully saturated rings. The number of likely N-dealkylation sites (N-methyl/N-ethyl adjacent to an activating group) is 1. The highest BCUT2D eigenvalue weighted by molar-refractivity contribution is 5.86. The third-order valence-corrected chi connectivity index (χ3v) is 4.11. The zero-order chi connectivity index (χ0) is 19.5. The van der Waals surface area contributed by atoms with E-state index in [1.54, 1.807) is 20.2 Å². The number of alkyl halides is 3. The van der Waals surface area contributed by atoms with E-state index in [0.717, 1.165) is 0 Å². The number of aliphatic carboxylic acids is 1. The number of halogens is 3. The molecule has 1 saturated carbocycles. The van der Waals surface area contributed by atoms with Gasteiger partial charge in [0.25, 0.3) is 0 Å². The van der Waals surface area contributed by atoms with E-state index < -0.39 is 30.7 Å². The van der Waals surface area contributed by atoms with E-state index in [4.69, 9.17) is 5.11 Å². The second-order valence-electron chi connectivity index (χ2n) is 6.49. The average Bonchev–Trinajstić information content (AvgIpc) is 3.29. The molecule has 144 valence electrons. The van der Waals surface area contributed by atoms with Gasteiger partial charge in [0.2, 0.25) is 5.91 Å². The highest BCUT2D eigenvalue weighted by Gasteiger charge is 2.48. The number of nitrogens with zero attached hydrogens (tertiary/aromatic N) is 2. The first kappa shape index (κ1) is 20.0. The maximum absolute atomic E-state index is 12.6. The van der Waals surface area contributed by atoms with Crippen molar-refractivity contribution in [3.8, 4) is 5.75 Å². The van der Waals surface area contributed by atoms with Gasteiger partial charge in [0, 0.05) is 19.0 Å². The minimum Gasteiger partial charge on any atom is -0.480 e. The topological polar surface area (TPSA) is 70.1 Å². The predicted octanol–water partition coefficient (Wildman–Crippen LogP) is 2.16. The number of carboxylic acid groups (broad SMARTS) is 1. The smallest absolute Gasteiger partial charge is 0.480 e. The SMILES string of the molecule is CN(C)CCN(CC(=O)O)C(=O)[C@@H]1C[C@H]1c1ccccc1OC(F)(F)F. The van der Waals surface area contributed by atoms with Crippen molar-refractivity contribution in [1.82, 2.24) is 9.80 Å². The zero-order valence-corrected chi connectivity index (χ0v) is 14.5. The fourth-order valence-corrected chi connectivity index (χ4v) is 2.80. The second kappa shape index (κ2) is 7.94. The van der Waals surface area contributed by atoms with Gasteiger partial charge >= 0.3 is 12.3 Å². The van der Waals surface area contributed by atoms with E-state index in [0.29, 0.717) is 18.5 Å². The van der Waals surface area contributed by atoms with Gasteiger partial charge in [-0.05, 0) is 38.1 Å². The summed E-state index contributed by atoms with van der Waals surface area (Å²) in [5.74, 6) is -2.75. The number of carbonyl (C=O) groups is 2. The normalized spacial score (nSPS) is 19.3. The number of para-hydroxylation sites is 1. The number of amides is 1. The zero-order valence-electron chi connectivity index (χ0n) is 14.5. The molecule has 0 aliphatic heterocycles. The number of rotatable bonds is 8. The van der Waals surface area contributed by atoms with Crippen molar-refractivity contribution >= 4 is 11.9 Å². The van der Waals surface area contributed by atoms with Crippen molar-refractivity contribution in [3.63, 3.8) is 0 Å². The van der Waals surface area contributed by atoms with Crippen molar-refractivity contribution in [3.05, 3.63) is 29.8 Å². The first-order valence-corrected chi connectivity index (χ1v) is 8.08. The fourth-order valence-electron chi connectivity index (χ4n) is 2.80. The van der Waals surface area contributed by atoms with E-state index in [1.165, 1.54) is 23.1 Å². The molecular formula is C17H21F3N2O4. The van der Waals surface area contributed by atoms with Crippen LogP contribution in [-0.2, 0) is 9.59 Å². The third kappa shape index (κ3) is 5.62. The first-order valence-electron chi connectivity index (χ1n) is 8.08. The van der Waals surface area contributed by atoms with Crippen LogP contribution in [0, 0.1) is 5.92 Å².